The number of amides is 1. The van der Waals surface area contributed by atoms with Crippen LogP contribution in [0.3, 0.4) is 0 Å². The molecule has 0 aliphatic carbocycles. The number of likely N-dealkylation sites (tertiary alicyclic amines) is 1. The standard InChI is InChI=1S/C16H21ClINO/c1-11(2)12-4-3-8-19(9-7-12)16(20)13-5-6-15(18)14(17)10-13/h5-6,10-12H,3-4,7-9H2,1-2H3. The van der Waals surface area contributed by atoms with Crippen molar-refractivity contribution in [3.63, 3.8) is 0 Å². The zero-order chi connectivity index (χ0) is 14.7. The summed E-state index contributed by atoms with van der Waals surface area (Å²) in [5, 5.41) is 0.659. The minimum absolute atomic E-state index is 0.118. The van der Waals surface area contributed by atoms with Crippen LogP contribution in [0.5, 0.6) is 0 Å². The molecule has 1 amide bonds. The van der Waals surface area contributed by atoms with Gasteiger partial charge in [0.25, 0.3) is 5.91 Å². The Bertz CT molecular complexity index is 489. The fourth-order valence-electron chi connectivity index (χ4n) is 2.80. The molecule has 1 heterocycles. The largest absolute Gasteiger partial charge is 0.339 e. The zero-order valence-corrected chi connectivity index (χ0v) is 14.9. The van der Waals surface area contributed by atoms with E-state index in [1.165, 1.54) is 6.42 Å². The van der Waals surface area contributed by atoms with Gasteiger partial charge in [-0.1, -0.05) is 25.4 Å². The second kappa shape index (κ2) is 7.12. The highest BCUT2D eigenvalue weighted by molar-refractivity contribution is 14.1. The number of halogens is 2. The van der Waals surface area contributed by atoms with E-state index in [0.717, 1.165) is 35.4 Å². The van der Waals surface area contributed by atoms with E-state index in [4.69, 9.17) is 11.6 Å². The van der Waals surface area contributed by atoms with Crippen molar-refractivity contribution in [1.29, 1.82) is 0 Å². The van der Waals surface area contributed by atoms with Crippen LogP contribution in [0.1, 0.15) is 43.5 Å². The third-order valence-electron chi connectivity index (χ3n) is 4.17. The van der Waals surface area contributed by atoms with Gasteiger partial charge in [0.15, 0.2) is 0 Å². The number of hydrogen-bond acceptors (Lipinski definition) is 1. The van der Waals surface area contributed by atoms with Crippen LogP contribution in [-0.2, 0) is 0 Å². The van der Waals surface area contributed by atoms with Gasteiger partial charge in [-0.3, -0.25) is 4.79 Å². The van der Waals surface area contributed by atoms with Crippen LogP contribution in [-0.4, -0.2) is 23.9 Å². The average molecular weight is 406 g/mol. The van der Waals surface area contributed by atoms with Crippen molar-refractivity contribution in [3.8, 4) is 0 Å². The molecular formula is C16H21ClINO. The van der Waals surface area contributed by atoms with Crippen LogP contribution in [0, 0.1) is 15.4 Å². The molecule has 1 aromatic rings. The van der Waals surface area contributed by atoms with E-state index in [9.17, 15) is 4.79 Å². The molecule has 2 rings (SSSR count). The van der Waals surface area contributed by atoms with Gasteiger partial charge in [0, 0.05) is 22.2 Å². The fourth-order valence-corrected chi connectivity index (χ4v) is 3.32. The third kappa shape index (κ3) is 3.88. The molecule has 0 N–H and O–H groups in total. The summed E-state index contributed by atoms with van der Waals surface area (Å²) >= 11 is 8.29. The van der Waals surface area contributed by atoms with Crippen molar-refractivity contribution >= 4 is 40.1 Å². The Balaban J connectivity index is 2.07. The number of rotatable bonds is 2. The van der Waals surface area contributed by atoms with Gasteiger partial charge in [-0.15, -0.1) is 0 Å². The van der Waals surface area contributed by atoms with Gasteiger partial charge in [-0.05, 0) is 71.9 Å². The third-order valence-corrected chi connectivity index (χ3v) is 5.74. The molecule has 0 bridgehead atoms. The van der Waals surface area contributed by atoms with Crippen molar-refractivity contribution in [1.82, 2.24) is 4.90 Å². The molecule has 1 aliphatic rings. The Morgan fingerprint density at radius 3 is 2.75 bits per heavy atom. The predicted molar refractivity (Wildman–Crippen MR) is 92.3 cm³/mol. The van der Waals surface area contributed by atoms with Crippen LogP contribution < -0.4 is 0 Å². The van der Waals surface area contributed by atoms with Crippen LogP contribution in [0.15, 0.2) is 18.2 Å². The van der Waals surface area contributed by atoms with Crippen molar-refractivity contribution in [2.24, 2.45) is 11.8 Å². The summed E-state index contributed by atoms with van der Waals surface area (Å²) in [7, 11) is 0. The van der Waals surface area contributed by atoms with Crippen molar-refractivity contribution in [2.75, 3.05) is 13.1 Å². The maximum absolute atomic E-state index is 12.6. The van der Waals surface area contributed by atoms with Gasteiger partial charge < -0.3 is 4.90 Å². The summed E-state index contributed by atoms with van der Waals surface area (Å²) in [4.78, 5) is 14.5. The Hall–Kier alpha value is -0.290. The summed E-state index contributed by atoms with van der Waals surface area (Å²) in [5.74, 6) is 1.57. The second-order valence-electron chi connectivity index (χ2n) is 5.86. The maximum Gasteiger partial charge on any atom is 0.253 e. The lowest BCUT2D eigenvalue weighted by molar-refractivity contribution is 0.0759. The summed E-state index contributed by atoms with van der Waals surface area (Å²) in [5.41, 5.74) is 0.707. The Kier molecular flexibility index (Phi) is 5.73. The van der Waals surface area contributed by atoms with E-state index in [1.54, 1.807) is 6.07 Å². The maximum atomic E-state index is 12.6. The average Bonchev–Trinajstić information content (AvgIpc) is 2.67. The smallest absolute Gasteiger partial charge is 0.253 e. The fraction of sp³-hybridized carbons (Fsp3) is 0.562. The molecule has 0 radical (unpaired) electrons. The normalized spacial score (nSPS) is 20.1. The lowest BCUT2D eigenvalue weighted by atomic mass is 9.89. The molecule has 1 aliphatic heterocycles. The molecule has 0 aromatic heterocycles. The van der Waals surface area contributed by atoms with Crippen LogP contribution in [0.25, 0.3) is 0 Å². The molecule has 1 atom stereocenters. The predicted octanol–water partition coefficient (Wildman–Crippen LogP) is 4.84. The molecule has 1 aromatic carbocycles. The highest BCUT2D eigenvalue weighted by atomic mass is 127. The lowest BCUT2D eigenvalue weighted by Gasteiger charge is -2.22. The van der Waals surface area contributed by atoms with E-state index in [0.29, 0.717) is 16.5 Å². The van der Waals surface area contributed by atoms with Gasteiger partial charge in [-0.25, -0.2) is 0 Å². The Morgan fingerprint density at radius 1 is 1.35 bits per heavy atom. The first-order valence-electron chi connectivity index (χ1n) is 7.23. The van der Waals surface area contributed by atoms with E-state index in [2.05, 4.69) is 36.4 Å². The number of hydrogen-bond donors (Lipinski definition) is 0. The molecule has 1 saturated heterocycles. The minimum atomic E-state index is 0.118. The number of nitrogens with zero attached hydrogens (tertiary/aromatic N) is 1. The summed E-state index contributed by atoms with van der Waals surface area (Å²) in [6.45, 7) is 6.29. The minimum Gasteiger partial charge on any atom is -0.339 e. The molecule has 4 heteroatoms. The first-order chi connectivity index (χ1) is 9.49. The van der Waals surface area contributed by atoms with E-state index in [-0.39, 0.29) is 5.91 Å². The number of carbonyl (C=O) groups excluding carboxylic acids is 1. The van der Waals surface area contributed by atoms with Crippen molar-refractivity contribution < 1.29 is 4.79 Å². The quantitative estimate of drug-likeness (QED) is 0.645. The molecule has 20 heavy (non-hydrogen) atoms. The second-order valence-corrected chi connectivity index (χ2v) is 7.43. The first kappa shape index (κ1) is 16.1. The molecule has 1 unspecified atom stereocenters. The summed E-state index contributed by atoms with van der Waals surface area (Å²) in [6.07, 6.45) is 3.45. The van der Waals surface area contributed by atoms with Crippen molar-refractivity contribution in [2.45, 2.75) is 33.1 Å². The van der Waals surface area contributed by atoms with Gasteiger partial charge in [-0.2, -0.15) is 0 Å². The SMILES string of the molecule is CC(C)C1CCCN(C(=O)c2ccc(I)c(Cl)c2)CC1. The highest BCUT2D eigenvalue weighted by Crippen LogP contribution is 2.26. The Labute approximate surface area is 140 Å². The van der Waals surface area contributed by atoms with Gasteiger partial charge in [0.2, 0.25) is 0 Å². The zero-order valence-electron chi connectivity index (χ0n) is 12.0. The van der Waals surface area contributed by atoms with Crippen molar-refractivity contribution in [3.05, 3.63) is 32.4 Å². The van der Waals surface area contributed by atoms with Crippen LogP contribution in [0.2, 0.25) is 5.02 Å². The topological polar surface area (TPSA) is 20.3 Å². The first-order valence-corrected chi connectivity index (χ1v) is 8.69. The number of carbonyl (C=O) groups is 1. The summed E-state index contributed by atoms with van der Waals surface area (Å²) < 4.78 is 0.983. The number of benzene rings is 1. The van der Waals surface area contributed by atoms with Gasteiger partial charge in [0.05, 0.1) is 5.02 Å². The van der Waals surface area contributed by atoms with E-state index in [1.807, 2.05) is 17.0 Å². The molecule has 0 spiro atoms. The molecule has 0 saturated carbocycles. The lowest BCUT2D eigenvalue weighted by Crippen LogP contribution is -2.32. The summed E-state index contributed by atoms with van der Waals surface area (Å²) in [6, 6.07) is 5.57. The molecular weight excluding hydrogens is 385 g/mol. The van der Waals surface area contributed by atoms with E-state index < -0.39 is 0 Å². The Morgan fingerprint density at radius 2 is 2.10 bits per heavy atom. The van der Waals surface area contributed by atoms with Crippen LogP contribution >= 0.6 is 34.2 Å². The molecule has 110 valence electrons. The van der Waals surface area contributed by atoms with Gasteiger partial charge in [0.1, 0.15) is 0 Å². The monoisotopic (exact) mass is 405 g/mol. The molecule has 2 nitrogen and oxygen atoms in total. The molecule has 1 fully saturated rings. The highest BCUT2D eigenvalue weighted by Gasteiger charge is 2.23. The van der Waals surface area contributed by atoms with E-state index >= 15 is 0 Å². The van der Waals surface area contributed by atoms with Gasteiger partial charge >= 0.3 is 0 Å². The van der Waals surface area contributed by atoms with Crippen LogP contribution in [0.4, 0.5) is 0 Å².